The second-order valence-electron chi connectivity index (χ2n) is 9.22. The fourth-order valence-corrected chi connectivity index (χ4v) is 6.88. The Kier molecular flexibility index (Phi) is 9.45. The smallest absolute Gasteiger partial charge is 0.340 e. The number of nitrogens with one attached hydrogen (secondary N) is 1. The van der Waals surface area contributed by atoms with E-state index in [2.05, 4.69) is 39.3 Å². The molecule has 5 atom stereocenters. The summed E-state index contributed by atoms with van der Waals surface area (Å²) in [7, 11) is -9.52. The van der Waals surface area contributed by atoms with Crippen LogP contribution < -0.4 is 5.32 Å². The Morgan fingerprint density at radius 2 is 1.79 bits per heavy atom. The molecule has 0 amide bonds. The van der Waals surface area contributed by atoms with Crippen LogP contribution in [-0.2, 0) is 31.4 Å². The third kappa shape index (κ3) is 7.62. The number of halogens is 1. The topological polar surface area (TPSA) is 209 Å². The third-order valence-electron chi connectivity index (χ3n) is 6.11. The minimum absolute atomic E-state index is 0.103. The van der Waals surface area contributed by atoms with Crippen molar-refractivity contribution in [3.63, 3.8) is 0 Å². The number of hydrogen-bond acceptors (Lipinski definition) is 10. The fourth-order valence-electron chi connectivity index (χ4n) is 4.15. The summed E-state index contributed by atoms with van der Waals surface area (Å²) in [5.41, 5.74) is 2.79. The lowest BCUT2D eigenvalue weighted by atomic mass is 10.1. The largest absolute Gasteiger partial charge is 0.387 e. The number of nitrogens with zero attached hydrogens (tertiary/aromatic N) is 4. The van der Waals surface area contributed by atoms with E-state index in [0.29, 0.717) is 17.9 Å². The maximum atomic E-state index is 11.9. The molecule has 3 heterocycles. The highest BCUT2D eigenvalue weighted by Crippen LogP contribution is 2.55. The minimum Gasteiger partial charge on any atom is -0.387 e. The number of aryl methyl sites for hydroxylation is 1. The number of anilines is 1. The normalized spacial score (nSPS) is 23.3. The lowest BCUT2D eigenvalue weighted by Gasteiger charge is -2.18. The Morgan fingerprint density at radius 3 is 2.46 bits per heavy atom. The van der Waals surface area contributed by atoms with Gasteiger partial charge in [0.25, 0.3) is 0 Å². The van der Waals surface area contributed by atoms with Gasteiger partial charge in [0.05, 0.1) is 12.9 Å². The molecule has 4 rings (SSSR count). The zero-order valence-corrected chi connectivity index (χ0v) is 23.4. The Hall–Kier alpha value is -1.96. The van der Waals surface area contributed by atoms with Crippen molar-refractivity contribution in [3.8, 4) is 0 Å². The molecule has 14 nitrogen and oxygen atoms in total. The molecule has 0 bridgehead atoms. The quantitative estimate of drug-likeness (QED) is 0.129. The maximum absolute atomic E-state index is 11.9. The molecule has 0 aliphatic carbocycles. The first kappa shape index (κ1) is 30.0. The zero-order chi connectivity index (χ0) is 28.4. The van der Waals surface area contributed by atoms with Gasteiger partial charge in [-0.25, -0.2) is 4.98 Å². The molecule has 0 saturated carbocycles. The van der Waals surface area contributed by atoms with E-state index in [-0.39, 0.29) is 10.9 Å². The number of ether oxygens (including phenoxy) is 1. The molecule has 1 unspecified atom stereocenters. The Balaban J connectivity index is 1.48. The average Bonchev–Trinajstić information content (AvgIpc) is 3.39. The number of aliphatic hydroxyl groups is 2. The number of hydrogen-bond donors (Lipinski definition) is 6. The molecule has 17 heteroatoms. The summed E-state index contributed by atoms with van der Waals surface area (Å²) in [5.74, 6) is -1.06. The van der Waals surface area contributed by atoms with Crippen LogP contribution in [0.1, 0.15) is 37.1 Å². The van der Waals surface area contributed by atoms with Gasteiger partial charge in [-0.1, -0.05) is 37.6 Å². The number of aliphatic hydroxyl groups excluding tert-OH is 2. The molecule has 6 N–H and O–H groups in total. The predicted octanol–water partition coefficient (Wildman–Crippen LogP) is 2.39. The van der Waals surface area contributed by atoms with Crippen molar-refractivity contribution in [1.82, 2.24) is 19.5 Å². The first-order valence-corrected chi connectivity index (χ1v) is 16.0. The van der Waals surface area contributed by atoms with Crippen LogP contribution in [0.3, 0.4) is 0 Å². The van der Waals surface area contributed by atoms with Crippen LogP contribution >= 0.6 is 26.8 Å². The van der Waals surface area contributed by atoms with E-state index < -0.39 is 52.2 Å². The highest BCUT2D eigenvalue weighted by Gasteiger charge is 2.45. The SMILES string of the molecule is CCCCc1ccc(CNc2nc(Cl)nc3c2ncn3[C@@H]2O[C@H](COP(=O)(O)CP(=O)(O)O)[C@@H](O)[C@H]2O)cc1. The molecule has 214 valence electrons. The van der Waals surface area contributed by atoms with Gasteiger partial charge in [0.15, 0.2) is 29.1 Å². The summed E-state index contributed by atoms with van der Waals surface area (Å²) in [5, 5.41) is 24.1. The van der Waals surface area contributed by atoms with Crippen LogP contribution in [0.4, 0.5) is 5.82 Å². The van der Waals surface area contributed by atoms with E-state index in [1.807, 2.05) is 12.1 Å². The Labute approximate surface area is 228 Å². The molecule has 2 aromatic heterocycles. The van der Waals surface area contributed by atoms with E-state index in [1.165, 1.54) is 16.5 Å². The highest BCUT2D eigenvalue weighted by molar-refractivity contribution is 7.70. The molecular formula is C22H30ClN5O9P2. The maximum Gasteiger partial charge on any atom is 0.340 e. The first-order valence-electron chi connectivity index (χ1n) is 12.1. The number of unbranched alkanes of at least 4 members (excludes halogenated alkanes) is 1. The molecule has 39 heavy (non-hydrogen) atoms. The van der Waals surface area contributed by atoms with Crippen LogP contribution in [0.25, 0.3) is 11.2 Å². The van der Waals surface area contributed by atoms with Gasteiger partial charge in [0.1, 0.15) is 18.3 Å². The summed E-state index contributed by atoms with van der Waals surface area (Å²) >= 11 is 6.16. The monoisotopic (exact) mass is 605 g/mol. The first-order chi connectivity index (χ1) is 18.4. The summed E-state index contributed by atoms with van der Waals surface area (Å²) < 4.78 is 34.7. The Morgan fingerprint density at radius 1 is 1.10 bits per heavy atom. The molecule has 0 spiro atoms. The van der Waals surface area contributed by atoms with Crippen molar-refractivity contribution >= 4 is 43.8 Å². The summed E-state index contributed by atoms with van der Waals surface area (Å²) in [4.78, 5) is 40.3. The Bertz CT molecular complexity index is 1390. The van der Waals surface area contributed by atoms with Crippen molar-refractivity contribution in [2.45, 2.75) is 57.3 Å². The molecule has 1 saturated heterocycles. The number of rotatable bonds is 12. The standard InChI is InChI=1S/C22H30ClN5O9P2/c1-2-3-4-13-5-7-14(8-6-13)9-24-19-16-20(27-22(23)26-19)28(11-25-16)21-18(30)17(29)15(37-21)10-36-39(34,35)12-38(31,32)33/h5-8,11,15,17-18,21,29-30H,2-4,9-10,12H2,1H3,(H,34,35)(H,24,26,27)(H2,31,32,33)/t15-,17-,18-,21-/m1/s1. The van der Waals surface area contributed by atoms with Gasteiger partial charge in [0, 0.05) is 6.54 Å². The number of aromatic nitrogens is 4. The summed E-state index contributed by atoms with van der Waals surface area (Å²) in [6.45, 7) is 1.87. The predicted molar refractivity (Wildman–Crippen MR) is 141 cm³/mol. The van der Waals surface area contributed by atoms with E-state index in [4.69, 9.17) is 30.6 Å². The second kappa shape index (κ2) is 12.3. The molecular weight excluding hydrogens is 576 g/mol. The van der Waals surface area contributed by atoms with Gasteiger partial charge >= 0.3 is 15.2 Å². The van der Waals surface area contributed by atoms with Gasteiger partial charge < -0.3 is 39.5 Å². The van der Waals surface area contributed by atoms with Gasteiger partial charge in [-0.05, 0) is 35.6 Å². The van der Waals surface area contributed by atoms with Crippen LogP contribution in [0.2, 0.25) is 5.28 Å². The zero-order valence-electron chi connectivity index (χ0n) is 20.9. The number of benzene rings is 1. The molecule has 1 aliphatic rings. The van der Waals surface area contributed by atoms with E-state index in [9.17, 15) is 24.2 Å². The van der Waals surface area contributed by atoms with Gasteiger partial charge in [-0.3, -0.25) is 13.7 Å². The van der Waals surface area contributed by atoms with Crippen molar-refractivity contribution < 1.29 is 43.3 Å². The van der Waals surface area contributed by atoms with Crippen LogP contribution in [-0.4, -0.2) is 75.2 Å². The highest BCUT2D eigenvalue weighted by atomic mass is 35.5. The number of fused-ring (bicyclic) bond motifs is 1. The van der Waals surface area contributed by atoms with Gasteiger partial charge in [-0.2, -0.15) is 9.97 Å². The van der Waals surface area contributed by atoms with E-state index in [0.717, 1.165) is 24.8 Å². The van der Waals surface area contributed by atoms with Crippen molar-refractivity contribution in [2.75, 3.05) is 17.8 Å². The molecule has 1 fully saturated rings. The summed E-state index contributed by atoms with van der Waals surface area (Å²) in [6.07, 6.45) is -1.01. The number of imidazole rings is 1. The molecule has 1 aliphatic heterocycles. The fraction of sp³-hybridized carbons (Fsp3) is 0.500. The third-order valence-corrected chi connectivity index (χ3v) is 9.74. The lowest BCUT2D eigenvalue weighted by Crippen LogP contribution is -2.33. The van der Waals surface area contributed by atoms with Crippen molar-refractivity contribution in [1.29, 1.82) is 0 Å². The van der Waals surface area contributed by atoms with Crippen LogP contribution in [0.15, 0.2) is 30.6 Å². The van der Waals surface area contributed by atoms with E-state index >= 15 is 0 Å². The lowest BCUT2D eigenvalue weighted by molar-refractivity contribution is -0.0483. The molecule has 1 aromatic carbocycles. The van der Waals surface area contributed by atoms with Crippen LogP contribution in [0, 0.1) is 0 Å². The van der Waals surface area contributed by atoms with Crippen molar-refractivity contribution in [2.24, 2.45) is 0 Å². The van der Waals surface area contributed by atoms with E-state index in [1.54, 1.807) is 0 Å². The van der Waals surface area contributed by atoms with Gasteiger partial charge in [-0.15, -0.1) is 0 Å². The molecule has 0 radical (unpaired) electrons. The summed E-state index contributed by atoms with van der Waals surface area (Å²) in [6, 6.07) is 8.20. The second-order valence-corrected chi connectivity index (χ2v) is 13.6. The van der Waals surface area contributed by atoms with Crippen LogP contribution in [0.5, 0.6) is 0 Å². The van der Waals surface area contributed by atoms with Gasteiger partial charge in [0.2, 0.25) is 5.28 Å². The molecule has 3 aromatic rings. The van der Waals surface area contributed by atoms with Crippen molar-refractivity contribution in [3.05, 3.63) is 47.0 Å². The minimum atomic E-state index is -4.83. The average molecular weight is 606 g/mol.